The average Bonchev–Trinajstić information content (AvgIpc) is 3.03. The summed E-state index contributed by atoms with van der Waals surface area (Å²) in [6.07, 6.45) is 4.99. The first kappa shape index (κ1) is 16.5. The summed E-state index contributed by atoms with van der Waals surface area (Å²) >= 11 is 0. The number of nitrogens with zero attached hydrogens (tertiary/aromatic N) is 3. The molecule has 0 spiro atoms. The number of carbonyl (C=O) groups excluding carboxylic acids is 1. The van der Waals surface area contributed by atoms with E-state index in [2.05, 4.69) is 19.8 Å². The van der Waals surface area contributed by atoms with Crippen molar-refractivity contribution >= 4 is 16.9 Å². The number of nitrogens with one attached hydrogen (secondary N) is 1. The lowest BCUT2D eigenvalue weighted by Gasteiger charge is -2.26. The van der Waals surface area contributed by atoms with Gasteiger partial charge in [-0.3, -0.25) is 4.79 Å². The molecule has 1 amide bonds. The number of ether oxygens (including phenoxy) is 1. The molecule has 1 fully saturated rings. The van der Waals surface area contributed by atoms with Crippen LogP contribution in [-0.4, -0.2) is 53.1 Å². The summed E-state index contributed by atoms with van der Waals surface area (Å²) in [6, 6.07) is 5.78. The van der Waals surface area contributed by atoms with Crippen molar-refractivity contribution in [1.29, 1.82) is 0 Å². The summed E-state index contributed by atoms with van der Waals surface area (Å²) in [4.78, 5) is 19.5. The maximum absolute atomic E-state index is 12.4. The van der Waals surface area contributed by atoms with E-state index in [1.54, 1.807) is 0 Å². The van der Waals surface area contributed by atoms with Crippen LogP contribution in [0.15, 0.2) is 18.2 Å². The predicted octanol–water partition coefficient (Wildman–Crippen LogP) is 2.17. The van der Waals surface area contributed by atoms with E-state index in [9.17, 15) is 4.79 Å². The average molecular weight is 342 g/mol. The molecule has 3 heterocycles. The lowest BCUT2D eigenvalue weighted by molar-refractivity contribution is 0.0830. The van der Waals surface area contributed by atoms with E-state index >= 15 is 0 Å². The minimum Gasteiger partial charge on any atom is -0.372 e. The largest absolute Gasteiger partial charge is 0.372 e. The van der Waals surface area contributed by atoms with E-state index in [1.165, 1.54) is 32.4 Å². The summed E-state index contributed by atoms with van der Waals surface area (Å²) in [7, 11) is 0. The first-order valence-corrected chi connectivity index (χ1v) is 9.39. The molecule has 0 saturated carbocycles. The van der Waals surface area contributed by atoms with Crippen LogP contribution in [0.2, 0.25) is 0 Å². The third-order valence-electron chi connectivity index (χ3n) is 5.17. The summed E-state index contributed by atoms with van der Waals surface area (Å²) < 4.78 is 7.63. The Morgan fingerprint density at radius 3 is 2.96 bits per heavy atom. The maximum Gasteiger partial charge on any atom is 0.251 e. The van der Waals surface area contributed by atoms with Crippen molar-refractivity contribution in [3.8, 4) is 0 Å². The highest BCUT2D eigenvalue weighted by Crippen LogP contribution is 2.21. The molecular weight excluding hydrogens is 316 g/mol. The van der Waals surface area contributed by atoms with Crippen LogP contribution in [0.5, 0.6) is 0 Å². The van der Waals surface area contributed by atoms with Crippen LogP contribution in [-0.2, 0) is 17.9 Å². The molecule has 0 aliphatic carbocycles. The summed E-state index contributed by atoms with van der Waals surface area (Å²) in [5.41, 5.74) is 2.64. The minimum atomic E-state index is -0.0113. The van der Waals surface area contributed by atoms with Crippen LogP contribution in [0.25, 0.3) is 11.0 Å². The second-order valence-corrected chi connectivity index (χ2v) is 6.95. The number of carbonyl (C=O) groups is 1. The van der Waals surface area contributed by atoms with Crippen LogP contribution in [0, 0.1) is 0 Å². The highest BCUT2D eigenvalue weighted by Gasteiger charge is 2.16. The summed E-state index contributed by atoms with van der Waals surface area (Å²) in [5, 5.41) is 3.04. The zero-order chi connectivity index (χ0) is 17.1. The predicted molar refractivity (Wildman–Crippen MR) is 96.6 cm³/mol. The van der Waals surface area contributed by atoms with Crippen molar-refractivity contribution in [3.05, 3.63) is 29.6 Å². The van der Waals surface area contributed by atoms with Gasteiger partial charge in [0.15, 0.2) is 0 Å². The second-order valence-electron chi connectivity index (χ2n) is 6.95. The number of imidazole rings is 1. The molecular formula is C19H26N4O2. The van der Waals surface area contributed by atoms with Gasteiger partial charge in [0.25, 0.3) is 5.91 Å². The van der Waals surface area contributed by atoms with Crippen molar-refractivity contribution in [2.45, 2.75) is 38.8 Å². The van der Waals surface area contributed by atoms with Gasteiger partial charge < -0.3 is 19.5 Å². The van der Waals surface area contributed by atoms with Gasteiger partial charge in [-0.1, -0.05) is 6.42 Å². The molecule has 2 aliphatic heterocycles. The lowest BCUT2D eigenvalue weighted by atomic mass is 10.1. The van der Waals surface area contributed by atoms with Crippen LogP contribution >= 0.6 is 0 Å². The third-order valence-corrected chi connectivity index (χ3v) is 5.17. The quantitative estimate of drug-likeness (QED) is 0.846. The van der Waals surface area contributed by atoms with E-state index in [0.717, 1.165) is 49.5 Å². The number of fused-ring (bicyclic) bond motifs is 3. The third kappa shape index (κ3) is 3.70. The molecule has 0 atom stereocenters. The van der Waals surface area contributed by atoms with Crippen molar-refractivity contribution in [2.75, 3.05) is 32.8 Å². The monoisotopic (exact) mass is 342 g/mol. The Kier molecular flexibility index (Phi) is 4.99. The molecule has 134 valence electrons. The summed E-state index contributed by atoms with van der Waals surface area (Å²) in [5.74, 6) is 0.933. The Hall–Kier alpha value is -1.92. The van der Waals surface area contributed by atoms with Crippen LogP contribution in [0.4, 0.5) is 0 Å². The first-order chi connectivity index (χ1) is 12.3. The summed E-state index contributed by atoms with van der Waals surface area (Å²) in [6.45, 7) is 6.31. The number of benzene rings is 1. The lowest BCUT2D eigenvalue weighted by Crippen LogP contribution is -2.33. The van der Waals surface area contributed by atoms with Crippen LogP contribution in [0.3, 0.4) is 0 Å². The van der Waals surface area contributed by atoms with Crippen molar-refractivity contribution in [3.63, 3.8) is 0 Å². The molecule has 6 nitrogen and oxygen atoms in total. The number of likely N-dealkylation sites (tertiary alicyclic amines) is 1. The number of aromatic nitrogens is 2. The molecule has 1 saturated heterocycles. The first-order valence-electron chi connectivity index (χ1n) is 9.39. The molecule has 2 aliphatic rings. The molecule has 6 heteroatoms. The molecule has 4 rings (SSSR count). The van der Waals surface area contributed by atoms with Gasteiger partial charge in [0.1, 0.15) is 12.4 Å². The number of hydrogen-bond acceptors (Lipinski definition) is 4. The van der Waals surface area contributed by atoms with Gasteiger partial charge in [-0.2, -0.15) is 0 Å². The number of amides is 1. The van der Waals surface area contributed by atoms with Crippen molar-refractivity contribution < 1.29 is 9.53 Å². The zero-order valence-electron chi connectivity index (χ0n) is 14.7. The topological polar surface area (TPSA) is 59.4 Å². The zero-order valence-corrected chi connectivity index (χ0v) is 14.7. The van der Waals surface area contributed by atoms with E-state index in [1.807, 2.05) is 18.2 Å². The van der Waals surface area contributed by atoms with E-state index in [-0.39, 0.29) is 5.91 Å². The second kappa shape index (κ2) is 7.54. The molecule has 0 unspecified atom stereocenters. The van der Waals surface area contributed by atoms with Gasteiger partial charge in [0.2, 0.25) is 0 Å². The van der Waals surface area contributed by atoms with Gasteiger partial charge in [0.05, 0.1) is 17.6 Å². The Morgan fingerprint density at radius 1 is 1.20 bits per heavy atom. The molecule has 1 aromatic carbocycles. The maximum atomic E-state index is 12.4. The molecule has 0 radical (unpaired) electrons. The van der Waals surface area contributed by atoms with Gasteiger partial charge in [-0.05, 0) is 57.1 Å². The number of rotatable bonds is 5. The fourth-order valence-corrected chi connectivity index (χ4v) is 3.79. The fraction of sp³-hybridized carbons (Fsp3) is 0.579. The smallest absolute Gasteiger partial charge is 0.251 e. The SMILES string of the molecule is O=C(NCCCN1CCCCC1)c1ccc2c(c1)nc1n2CCOC1. The van der Waals surface area contributed by atoms with Crippen molar-refractivity contribution in [2.24, 2.45) is 0 Å². The molecule has 0 bridgehead atoms. The number of piperidine rings is 1. The van der Waals surface area contributed by atoms with E-state index in [0.29, 0.717) is 12.2 Å². The standard InChI is InChI=1S/C19H26N4O2/c24-19(20-7-4-10-22-8-2-1-3-9-22)15-5-6-17-16(13-15)21-18-14-25-12-11-23(17)18/h5-6,13H,1-4,7-12,14H2,(H,20,24). The highest BCUT2D eigenvalue weighted by molar-refractivity contribution is 5.97. The Bertz CT molecular complexity index is 749. The Balaban J connectivity index is 1.33. The highest BCUT2D eigenvalue weighted by atomic mass is 16.5. The Morgan fingerprint density at radius 2 is 2.08 bits per heavy atom. The molecule has 1 N–H and O–H groups in total. The van der Waals surface area contributed by atoms with E-state index < -0.39 is 0 Å². The van der Waals surface area contributed by atoms with Gasteiger partial charge in [0, 0.05) is 18.7 Å². The van der Waals surface area contributed by atoms with Gasteiger partial charge in [-0.15, -0.1) is 0 Å². The van der Waals surface area contributed by atoms with Crippen LogP contribution < -0.4 is 5.32 Å². The van der Waals surface area contributed by atoms with Gasteiger partial charge in [-0.25, -0.2) is 4.98 Å². The normalized spacial score (nSPS) is 18.2. The van der Waals surface area contributed by atoms with Crippen molar-refractivity contribution in [1.82, 2.24) is 19.8 Å². The van der Waals surface area contributed by atoms with E-state index in [4.69, 9.17) is 4.74 Å². The molecule has 25 heavy (non-hydrogen) atoms. The van der Waals surface area contributed by atoms with Gasteiger partial charge >= 0.3 is 0 Å². The fourth-order valence-electron chi connectivity index (χ4n) is 3.79. The van der Waals surface area contributed by atoms with Crippen LogP contribution in [0.1, 0.15) is 41.9 Å². The molecule has 1 aromatic heterocycles. The number of hydrogen-bond donors (Lipinski definition) is 1. The minimum absolute atomic E-state index is 0.0113. The molecule has 2 aromatic rings. The Labute approximate surface area is 148 Å².